The number of hydrogen-bond donors (Lipinski definition) is 1. The topological polar surface area (TPSA) is 58.2 Å². The van der Waals surface area contributed by atoms with Crippen molar-refractivity contribution in [2.75, 3.05) is 26.3 Å². The highest BCUT2D eigenvalue weighted by molar-refractivity contribution is 5.62. The molecule has 0 aliphatic carbocycles. The lowest BCUT2D eigenvalue weighted by Gasteiger charge is -2.27. The van der Waals surface area contributed by atoms with E-state index >= 15 is 0 Å². The predicted octanol–water partition coefficient (Wildman–Crippen LogP) is 1.27. The number of rotatable bonds is 3. The summed E-state index contributed by atoms with van der Waals surface area (Å²) in [5.74, 6) is 0. The van der Waals surface area contributed by atoms with Gasteiger partial charge < -0.3 is 4.74 Å². The number of hydrogen-bond acceptors (Lipinski definition) is 4. The van der Waals surface area contributed by atoms with E-state index in [0.29, 0.717) is 0 Å². The fraction of sp³-hybridized carbons (Fsp3) is 0.333. The molecular weight excluding hydrogens is 254 g/mol. The van der Waals surface area contributed by atoms with Crippen molar-refractivity contribution < 1.29 is 4.74 Å². The molecule has 20 heavy (non-hydrogen) atoms. The lowest BCUT2D eigenvalue weighted by Crippen LogP contribution is -2.36. The average molecular weight is 271 g/mol. The van der Waals surface area contributed by atoms with Gasteiger partial charge in [0.05, 0.1) is 18.9 Å². The first-order valence-electron chi connectivity index (χ1n) is 6.77. The van der Waals surface area contributed by atoms with Crippen LogP contribution in [0.5, 0.6) is 0 Å². The Hall–Kier alpha value is -1.98. The van der Waals surface area contributed by atoms with Crippen molar-refractivity contribution in [2.24, 2.45) is 0 Å². The zero-order valence-electron chi connectivity index (χ0n) is 11.2. The largest absolute Gasteiger partial charge is 0.379 e. The van der Waals surface area contributed by atoms with Gasteiger partial charge in [0, 0.05) is 31.3 Å². The minimum Gasteiger partial charge on any atom is -0.379 e. The lowest BCUT2D eigenvalue weighted by atomic mass is 10.1. The van der Waals surface area contributed by atoms with E-state index in [4.69, 9.17) is 4.74 Å². The number of aromatic nitrogens is 2. The second-order valence-corrected chi connectivity index (χ2v) is 4.86. The van der Waals surface area contributed by atoms with Crippen molar-refractivity contribution in [3.8, 4) is 11.3 Å². The van der Waals surface area contributed by atoms with Crippen LogP contribution in [0.3, 0.4) is 0 Å². The van der Waals surface area contributed by atoms with Crippen molar-refractivity contribution in [3.63, 3.8) is 0 Å². The predicted molar refractivity (Wildman–Crippen MR) is 76.4 cm³/mol. The molecule has 1 aromatic heterocycles. The van der Waals surface area contributed by atoms with E-state index < -0.39 is 0 Å². The molecule has 2 aromatic rings. The molecule has 1 saturated heterocycles. The van der Waals surface area contributed by atoms with E-state index in [0.717, 1.165) is 49.7 Å². The standard InChI is InChI=1S/C15H17N3O2/c19-14-10-13(11-18-6-8-20-9-7-18)15(17-16-14)12-4-2-1-3-5-12/h1-5,10H,6-9,11H2,(H,16,19). The van der Waals surface area contributed by atoms with Gasteiger partial charge in [-0.25, -0.2) is 5.10 Å². The number of aromatic amines is 1. The third-order valence-corrected chi connectivity index (χ3v) is 3.43. The molecule has 1 fully saturated rings. The Morgan fingerprint density at radius 3 is 2.70 bits per heavy atom. The summed E-state index contributed by atoms with van der Waals surface area (Å²) < 4.78 is 5.35. The van der Waals surface area contributed by atoms with Gasteiger partial charge in [0.1, 0.15) is 0 Å². The molecule has 5 nitrogen and oxygen atoms in total. The molecule has 1 N–H and O–H groups in total. The molecule has 0 radical (unpaired) electrons. The number of benzene rings is 1. The van der Waals surface area contributed by atoms with Crippen LogP contribution in [0.2, 0.25) is 0 Å². The minimum atomic E-state index is -0.159. The number of nitrogens with zero attached hydrogens (tertiary/aromatic N) is 2. The van der Waals surface area contributed by atoms with Gasteiger partial charge in [-0.2, -0.15) is 5.10 Å². The van der Waals surface area contributed by atoms with E-state index in [-0.39, 0.29) is 5.56 Å². The maximum atomic E-state index is 11.6. The van der Waals surface area contributed by atoms with E-state index in [9.17, 15) is 4.79 Å². The molecule has 0 bridgehead atoms. The van der Waals surface area contributed by atoms with Crippen LogP contribution in [0.25, 0.3) is 11.3 Å². The summed E-state index contributed by atoms with van der Waals surface area (Å²) in [4.78, 5) is 13.8. The molecule has 5 heteroatoms. The molecule has 104 valence electrons. The Morgan fingerprint density at radius 2 is 1.95 bits per heavy atom. The maximum absolute atomic E-state index is 11.6. The Kier molecular flexibility index (Phi) is 3.90. The molecule has 2 heterocycles. The van der Waals surface area contributed by atoms with Crippen molar-refractivity contribution >= 4 is 0 Å². The van der Waals surface area contributed by atoms with Crippen LogP contribution in [0.1, 0.15) is 5.56 Å². The van der Waals surface area contributed by atoms with Crippen LogP contribution in [0.15, 0.2) is 41.2 Å². The number of morpholine rings is 1. The SMILES string of the molecule is O=c1cc(CN2CCOCC2)c(-c2ccccc2)n[nH]1. The molecule has 3 rings (SSSR count). The van der Waals surface area contributed by atoms with Gasteiger partial charge >= 0.3 is 0 Å². The molecule has 0 unspecified atom stereocenters. The Balaban J connectivity index is 1.92. The lowest BCUT2D eigenvalue weighted by molar-refractivity contribution is 0.0342. The first-order valence-corrected chi connectivity index (χ1v) is 6.77. The molecule has 0 saturated carbocycles. The summed E-state index contributed by atoms with van der Waals surface area (Å²) in [5.41, 5.74) is 2.67. The first-order chi connectivity index (χ1) is 9.83. The van der Waals surface area contributed by atoms with E-state index in [1.807, 2.05) is 30.3 Å². The number of ether oxygens (including phenoxy) is 1. The van der Waals surface area contributed by atoms with Gasteiger partial charge in [0.15, 0.2) is 0 Å². The zero-order chi connectivity index (χ0) is 13.8. The smallest absolute Gasteiger partial charge is 0.264 e. The molecule has 1 aromatic carbocycles. The van der Waals surface area contributed by atoms with Crippen LogP contribution in [-0.2, 0) is 11.3 Å². The molecule has 0 amide bonds. The van der Waals surface area contributed by atoms with Crippen LogP contribution in [-0.4, -0.2) is 41.4 Å². The van der Waals surface area contributed by atoms with Gasteiger partial charge in [0.25, 0.3) is 5.56 Å². The van der Waals surface area contributed by atoms with Gasteiger partial charge in [-0.3, -0.25) is 9.69 Å². The summed E-state index contributed by atoms with van der Waals surface area (Å²) in [5, 5.41) is 6.75. The van der Waals surface area contributed by atoms with E-state index in [1.165, 1.54) is 0 Å². The summed E-state index contributed by atoms with van der Waals surface area (Å²) in [6.07, 6.45) is 0. The molecule has 0 spiro atoms. The normalized spacial score (nSPS) is 16.2. The summed E-state index contributed by atoms with van der Waals surface area (Å²) in [7, 11) is 0. The molecule has 1 aliphatic heterocycles. The third-order valence-electron chi connectivity index (χ3n) is 3.43. The van der Waals surface area contributed by atoms with Crippen LogP contribution < -0.4 is 5.56 Å². The monoisotopic (exact) mass is 271 g/mol. The fourth-order valence-electron chi connectivity index (χ4n) is 2.41. The molecular formula is C15H17N3O2. The highest BCUT2D eigenvalue weighted by Gasteiger charge is 2.15. The highest BCUT2D eigenvalue weighted by Crippen LogP contribution is 2.20. The zero-order valence-corrected chi connectivity index (χ0v) is 11.2. The third kappa shape index (κ3) is 2.95. The fourth-order valence-corrected chi connectivity index (χ4v) is 2.41. The van der Waals surface area contributed by atoms with Crippen molar-refractivity contribution in [2.45, 2.75) is 6.54 Å². The van der Waals surface area contributed by atoms with Gasteiger partial charge in [-0.1, -0.05) is 30.3 Å². The van der Waals surface area contributed by atoms with Crippen LogP contribution in [0.4, 0.5) is 0 Å². The van der Waals surface area contributed by atoms with Gasteiger partial charge in [-0.15, -0.1) is 0 Å². The summed E-state index contributed by atoms with van der Waals surface area (Å²) in [6, 6.07) is 11.6. The van der Waals surface area contributed by atoms with E-state index in [2.05, 4.69) is 15.1 Å². The van der Waals surface area contributed by atoms with Crippen molar-refractivity contribution in [3.05, 3.63) is 52.3 Å². The first kappa shape index (κ1) is 13.0. The second kappa shape index (κ2) is 5.98. The quantitative estimate of drug-likeness (QED) is 0.913. The Labute approximate surface area is 117 Å². The Bertz CT molecular complexity index is 619. The molecule has 1 aliphatic rings. The molecule has 0 atom stereocenters. The highest BCUT2D eigenvalue weighted by atomic mass is 16.5. The van der Waals surface area contributed by atoms with Crippen molar-refractivity contribution in [1.82, 2.24) is 15.1 Å². The van der Waals surface area contributed by atoms with Crippen LogP contribution >= 0.6 is 0 Å². The van der Waals surface area contributed by atoms with Crippen molar-refractivity contribution in [1.29, 1.82) is 0 Å². The Morgan fingerprint density at radius 1 is 1.20 bits per heavy atom. The van der Waals surface area contributed by atoms with E-state index in [1.54, 1.807) is 6.07 Å². The van der Waals surface area contributed by atoms with Gasteiger partial charge in [-0.05, 0) is 5.56 Å². The number of nitrogens with one attached hydrogen (secondary N) is 1. The van der Waals surface area contributed by atoms with Gasteiger partial charge in [0.2, 0.25) is 0 Å². The summed E-state index contributed by atoms with van der Waals surface area (Å²) >= 11 is 0. The number of H-pyrrole nitrogens is 1. The summed E-state index contributed by atoms with van der Waals surface area (Å²) in [6.45, 7) is 4.00. The minimum absolute atomic E-state index is 0.159. The van der Waals surface area contributed by atoms with Crippen LogP contribution in [0, 0.1) is 0 Å². The second-order valence-electron chi connectivity index (χ2n) is 4.86. The average Bonchev–Trinajstić information content (AvgIpc) is 2.49. The maximum Gasteiger partial charge on any atom is 0.264 e.